The number of carbonyl (C=O) groups excluding carboxylic acids is 1. The van der Waals surface area contributed by atoms with E-state index in [2.05, 4.69) is 27.3 Å². The Bertz CT molecular complexity index is 1180. The number of nitrogens with one attached hydrogen (secondary N) is 1. The molecule has 35 heavy (non-hydrogen) atoms. The molecule has 0 bridgehead atoms. The second-order valence-corrected chi connectivity index (χ2v) is 9.56. The van der Waals surface area contributed by atoms with Gasteiger partial charge in [0.05, 0.1) is 11.8 Å². The Balaban J connectivity index is 1.32. The van der Waals surface area contributed by atoms with E-state index in [1.165, 1.54) is 30.3 Å². The zero-order chi connectivity index (χ0) is 24.2. The molecule has 184 valence electrons. The van der Waals surface area contributed by atoms with E-state index in [9.17, 15) is 9.18 Å². The molecule has 5 rings (SSSR count). The molecule has 0 saturated carbocycles. The first kappa shape index (κ1) is 23.6. The number of hydrogen-bond donors (Lipinski definition) is 1. The van der Waals surface area contributed by atoms with Crippen molar-refractivity contribution in [2.24, 2.45) is 0 Å². The summed E-state index contributed by atoms with van der Waals surface area (Å²) in [5.74, 6) is 1.74. The van der Waals surface area contributed by atoms with Gasteiger partial charge in [-0.3, -0.25) is 14.3 Å². The molecule has 1 atom stereocenters. The molecular weight excluding hydrogens is 469 g/mol. The lowest BCUT2D eigenvalue weighted by molar-refractivity contribution is -0.113. The van der Waals surface area contributed by atoms with Crippen molar-refractivity contribution in [1.29, 1.82) is 0 Å². The molecule has 0 radical (unpaired) electrons. The highest BCUT2D eigenvalue weighted by atomic mass is 32.2. The largest absolute Gasteiger partial charge is 0.486 e. The van der Waals surface area contributed by atoms with Crippen LogP contribution >= 0.6 is 11.8 Å². The molecule has 1 saturated heterocycles. The molecule has 1 amide bonds. The molecule has 0 unspecified atom stereocenters. The second-order valence-electron chi connectivity index (χ2n) is 8.62. The standard InChI is InChI=1S/C25H28FN5O3S/c1-17(30-11-3-2-4-12-30)24-28-29-25(31(24)20-8-5-18(26)6-9-20)35-16-23(32)27-19-7-10-21-22(15-19)34-14-13-33-21/h5-10,15,17H,2-4,11-14,16H2,1H3,(H,27,32)/t17-/m1/s1. The van der Waals surface area contributed by atoms with Gasteiger partial charge >= 0.3 is 0 Å². The summed E-state index contributed by atoms with van der Waals surface area (Å²) >= 11 is 1.30. The van der Waals surface area contributed by atoms with Crippen LogP contribution in [0.1, 0.15) is 38.1 Å². The van der Waals surface area contributed by atoms with Gasteiger partial charge in [-0.25, -0.2) is 4.39 Å². The third-order valence-electron chi connectivity index (χ3n) is 6.21. The fourth-order valence-electron chi connectivity index (χ4n) is 4.40. The first-order valence-corrected chi connectivity index (χ1v) is 12.8. The van der Waals surface area contributed by atoms with E-state index < -0.39 is 0 Å². The maximum Gasteiger partial charge on any atom is 0.234 e. The van der Waals surface area contributed by atoms with Crippen LogP contribution in [0.5, 0.6) is 11.5 Å². The predicted molar refractivity (Wildman–Crippen MR) is 132 cm³/mol. The second kappa shape index (κ2) is 10.7. The zero-order valence-corrected chi connectivity index (χ0v) is 20.4. The Morgan fingerprint density at radius 1 is 1.06 bits per heavy atom. The van der Waals surface area contributed by atoms with Crippen LogP contribution in [-0.4, -0.2) is 57.6 Å². The predicted octanol–water partition coefficient (Wildman–Crippen LogP) is 4.46. The lowest BCUT2D eigenvalue weighted by atomic mass is 10.1. The van der Waals surface area contributed by atoms with Crippen LogP contribution < -0.4 is 14.8 Å². The van der Waals surface area contributed by atoms with E-state index in [-0.39, 0.29) is 23.5 Å². The summed E-state index contributed by atoms with van der Waals surface area (Å²) in [4.78, 5) is 15.1. The van der Waals surface area contributed by atoms with Gasteiger partial charge in [0.1, 0.15) is 19.0 Å². The van der Waals surface area contributed by atoms with Gasteiger partial charge in [0.2, 0.25) is 5.91 Å². The van der Waals surface area contributed by atoms with Crippen molar-refractivity contribution in [3.8, 4) is 17.2 Å². The topological polar surface area (TPSA) is 81.5 Å². The Kier molecular flexibility index (Phi) is 7.19. The molecule has 8 nitrogen and oxygen atoms in total. The van der Waals surface area contributed by atoms with E-state index in [0.717, 1.165) is 37.4 Å². The molecule has 0 spiro atoms. The van der Waals surface area contributed by atoms with Crippen LogP contribution in [0.4, 0.5) is 10.1 Å². The first-order chi connectivity index (χ1) is 17.1. The van der Waals surface area contributed by atoms with Gasteiger partial charge in [-0.2, -0.15) is 0 Å². The number of amides is 1. The molecule has 2 aliphatic rings. The number of anilines is 1. The van der Waals surface area contributed by atoms with Crippen LogP contribution in [0.25, 0.3) is 5.69 Å². The molecule has 1 fully saturated rings. The molecule has 10 heteroatoms. The van der Waals surface area contributed by atoms with Crippen LogP contribution in [0.15, 0.2) is 47.6 Å². The fourth-order valence-corrected chi connectivity index (χ4v) is 5.15. The number of carbonyl (C=O) groups is 1. The molecule has 2 aliphatic heterocycles. The zero-order valence-electron chi connectivity index (χ0n) is 19.6. The van der Waals surface area contributed by atoms with Crippen LogP contribution in [0.3, 0.4) is 0 Å². The van der Waals surface area contributed by atoms with Gasteiger partial charge in [0, 0.05) is 17.4 Å². The van der Waals surface area contributed by atoms with Crippen LogP contribution in [-0.2, 0) is 4.79 Å². The number of aromatic nitrogens is 3. The van der Waals surface area contributed by atoms with Crippen molar-refractivity contribution in [3.05, 3.63) is 54.1 Å². The number of likely N-dealkylation sites (tertiary alicyclic amines) is 1. The lowest BCUT2D eigenvalue weighted by Gasteiger charge is -2.31. The minimum atomic E-state index is -0.305. The Morgan fingerprint density at radius 2 is 1.80 bits per heavy atom. The van der Waals surface area contributed by atoms with Gasteiger partial charge in [0.15, 0.2) is 22.5 Å². The van der Waals surface area contributed by atoms with Crippen LogP contribution in [0, 0.1) is 5.82 Å². The average molecular weight is 498 g/mol. The number of ether oxygens (including phenoxy) is 2. The number of benzene rings is 2. The van der Waals surface area contributed by atoms with Gasteiger partial charge in [0.25, 0.3) is 0 Å². The van der Waals surface area contributed by atoms with Crippen molar-refractivity contribution >= 4 is 23.4 Å². The summed E-state index contributed by atoms with van der Waals surface area (Å²) in [6, 6.07) is 11.7. The summed E-state index contributed by atoms with van der Waals surface area (Å²) in [5, 5.41) is 12.4. The SMILES string of the molecule is C[C@H](c1nnc(SCC(=O)Nc2ccc3c(c2)OCCO3)n1-c1ccc(F)cc1)N1CCCCC1. The summed E-state index contributed by atoms with van der Waals surface area (Å²) in [5.41, 5.74) is 1.41. The number of hydrogen-bond acceptors (Lipinski definition) is 7. The lowest BCUT2D eigenvalue weighted by Crippen LogP contribution is -2.33. The summed E-state index contributed by atoms with van der Waals surface area (Å²) in [6.07, 6.45) is 3.57. The smallest absolute Gasteiger partial charge is 0.234 e. The third-order valence-corrected chi connectivity index (χ3v) is 7.14. The Labute approximate surface area is 207 Å². The van der Waals surface area contributed by atoms with E-state index >= 15 is 0 Å². The summed E-state index contributed by atoms with van der Waals surface area (Å²) in [7, 11) is 0. The van der Waals surface area contributed by atoms with Crippen molar-refractivity contribution in [3.63, 3.8) is 0 Å². The van der Waals surface area contributed by atoms with E-state index in [1.807, 2.05) is 4.57 Å². The molecule has 3 heterocycles. The minimum Gasteiger partial charge on any atom is -0.486 e. The highest BCUT2D eigenvalue weighted by Gasteiger charge is 2.26. The monoisotopic (exact) mass is 497 g/mol. The van der Waals surface area contributed by atoms with E-state index in [4.69, 9.17) is 9.47 Å². The Morgan fingerprint density at radius 3 is 2.57 bits per heavy atom. The van der Waals surface area contributed by atoms with Gasteiger partial charge < -0.3 is 14.8 Å². The van der Waals surface area contributed by atoms with Crippen molar-refractivity contribution in [2.45, 2.75) is 37.4 Å². The third kappa shape index (κ3) is 5.43. The number of halogens is 1. The average Bonchev–Trinajstić information content (AvgIpc) is 3.32. The van der Waals surface area contributed by atoms with Gasteiger partial charge in [-0.05, 0) is 69.3 Å². The molecule has 2 aromatic carbocycles. The quantitative estimate of drug-likeness (QED) is 0.483. The fraction of sp³-hybridized carbons (Fsp3) is 0.400. The number of piperidine rings is 1. The first-order valence-electron chi connectivity index (χ1n) is 11.9. The summed E-state index contributed by atoms with van der Waals surface area (Å²) in [6.45, 7) is 5.15. The van der Waals surface area contributed by atoms with Crippen molar-refractivity contribution in [1.82, 2.24) is 19.7 Å². The molecule has 1 aromatic heterocycles. The number of nitrogens with zero attached hydrogens (tertiary/aromatic N) is 4. The van der Waals surface area contributed by atoms with Crippen molar-refractivity contribution < 1.29 is 18.7 Å². The maximum atomic E-state index is 13.6. The number of fused-ring (bicyclic) bond motifs is 1. The maximum absolute atomic E-state index is 13.6. The van der Waals surface area contributed by atoms with E-state index in [0.29, 0.717) is 35.6 Å². The van der Waals surface area contributed by atoms with Crippen molar-refractivity contribution in [2.75, 3.05) is 37.4 Å². The van der Waals surface area contributed by atoms with E-state index in [1.54, 1.807) is 30.3 Å². The highest BCUT2D eigenvalue weighted by molar-refractivity contribution is 7.99. The number of rotatable bonds is 7. The Hall–Kier alpha value is -3.11. The highest BCUT2D eigenvalue weighted by Crippen LogP contribution is 2.33. The normalized spacial score (nSPS) is 16.6. The summed E-state index contributed by atoms with van der Waals surface area (Å²) < 4.78 is 26.7. The van der Waals surface area contributed by atoms with Gasteiger partial charge in [-0.1, -0.05) is 18.2 Å². The molecule has 3 aromatic rings. The molecular formula is C25H28FN5O3S. The molecule has 0 aliphatic carbocycles. The molecule has 1 N–H and O–H groups in total. The van der Waals surface area contributed by atoms with Crippen LogP contribution in [0.2, 0.25) is 0 Å². The minimum absolute atomic E-state index is 0.0498. The van der Waals surface area contributed by atoms with Gasteiger partial charge in [-0.15, -0.1) is 10.2 Å². The number of thioether (sulfide) groups is 1.